The van der Waals surface area contributed by atoms with Crippen molar-refractivity contribution >= 4 is 5.91 Å². The van der Waals surface area contributed by atoms with Gasteiger partial charge in [-0.1, -0.05) is 36.8 Å². The van der Waals surface area contributed by atoms with E-state index in [1.807, 2.05) is 0 Å². The molecule has 22 heavy (non-hydrogen) atoms. The summed E-state index contributed by atoms with van der Waals surface area (Å²) in [6.07, 6.45) is 9.23. The molecule has 2 aliphatic rings. The highest BCUT2D eigenvalue weighted by Crippen LogP contribution is 2.40. The Morgan fingerprint density at radius 3 is 2.32 bits per heavy atom. The Hall–Kier alpha value is -1.35. The normalized spacial score (nSPS) is 30.1. The topological polar surface area (TPSA) is 46.3 Å². The Morgan fingerprint density at radius 1 is 1.09 bits per heavy atom. The summed E-state index contributed by atoms with van der Waals surface area (Å²) in [5.74, 6) is -0.0133. The number of benzene rings is 1. The molecule has 3 heteroatoms. The summed E-state index contributed by atoms with van der Waals surface area (Å²) in [4.78, 5) is 14.2. The van der Waals surface area contributed by atoms with Gasteiger partial charge in [0.25, 0.3) is 0 Å². The Balaban J connectivity index is 1.78. The summed E-state index contributed by atoms with van der Waals surface area (Å²) in [5.41, 5.74) is 7.20. The zero-order valence-corrected chi connectivity index (χ0v) is 13.5. The van der Waals surface area contributed by atoms with Gasteiger partial charge in [-0.05, 0) is 63.6 Å². The van der Waals surface area contributed by atoms with E-state index in [2.05, 4.69) is 35.2 Å². The van der Waals surface area contributed by atoms with Gasteiger partial charge in [-0.2, -0.15) is 0 Å². The van der Waals surface area contributed by atoms with E-state index in [1.165, 1.54) is 37.9 Å². The van der Waals surface area contributed by atoms with Crippen molar-refractivity contribution in [2.75, 3.05) is 13.1 Å². The van der Waals surface area contributed by atoms with Crippen molar-refractivity contribution in [1.29, 1.82) is 0 Å². The Morgan fingerprint density at radius 2 is 1.73 bits per heavy atom. The number of hydrogen-bond acceptors (Lipinski definition) is 2. The highest BCUT2D eigenvalue weighted by atomic mass is 16.1. The molecule has 2 N–H and O–H groups in total. The maximum atomic E-state index is 11.5. The van der Waals surface area contributed by atoms with Gasteiger partial charge < -0.3 is 5.73 Å². The molecule has 0 bridgehead atoms. The van der Waals surface area contributed by atoms with Crippen molar-refractivity contribution in [3.05, 3.63) is 35.9 Å². The van der Waals surface area contributed by atoms with Crippen LogP contribution in [0, 0.1) is 5.92 Å². The van der Waals surface area contributed by atoms with Crippen LogP contribution in [0.5, 0.6) is 0 Å². The highest BCUT2D eigenvalue weighted by Gasteiger charge is 2.41. The van der Waals surface area contributed by atoms with Crippen molar-refractivity contribution in [2.45, 2.75) is 56.9 Å². The van der Waals surface area contributed by atoms with Gasteiger partial charge in [0.2, 0.25) is 5.91 Å². The lowest BCUT2D eigenvalue weighted by Gasteiger charge is -2.49. The van der Waals surface area contributed by atoms with Gasteiger partial charge in [-0.15, -0.1) is 0 Å². The molecule has 1 saturated heterocycles. The minimum Gasteiger partial charge on any atom is -0.369 e. The molecule has 0 unspecified atom stereocenters. The quantitative estimate of drug-likeness (QED) is 0.928. The molecule has 0 spiro atoms. The lowest BCUT2D eigenvalue weighted by molar-refractivity contribution is -0.124. The van der Waals surface area contributed by atoms with E-state index in [1.54, 1.807) is 0 Å². The number of primary amides is 1. The summed E-state index contributed by atoms with van der Waals surface area (Å²) in [5, 5.41) is 0. The van der Waals surface area contributed by atoms with Crippen LogP contribution in [0.4, 0.5) is 0 Å². The van der Waals surface area contributed by atoms with Crippen LogP contribution in [0.15, 0.2) is 30.3 Å². The van der Waals surface area contributed by atoms with Crippen LogP contribution < -0.4 is 5.73 Å². The van der Waals surface area contributed by atoms with Gasteiger partial charge in [0.1, 0.15) is 0 Å². The molecule has 0 aromatic heterocycles. The molecule has 1 amide bonds. The standard InChI is InChI=1S/C19H28N2O/c20-18(22)17-9-11-19(12-10-17,21-13-5-2-6-14-21)15-16-7-3-1-4-8-16/h1,3-4,7-8,17H,2,5-6,9-15H2,(H2,20,22). The first-order valence-corrected chi connectivity index (χ1v) is 8.78. The number of nitrogens with zero attached hydrogens (tertiary/aromatic N) is 1. The monoisotopic (exact) mass is 300 g/mol. The Kier molecular flexibility index (Phi) is 4.82. The van der Waals surface area contributed by atoms with E-state index < -0.39 is 0 Å². The fourth-order valence-electron chi connectivity index (χ4n) is 4.39. The summed E-state index contributed by atoms with van der Waals surface area (Å²) >= 11 is 0. The van der Waals surface area contributed by atoms with Crippen molar-refractivity contribution in [2.24, 2.45) is 11.7 Å². The fourth-order valence-corrected chi connectivity index (χ4v) is 4.39. The zero-order chi connectivity index (χ0) is 15.4. The molecule has 1 heterocycles. The van der Waals surface area contributed by atoms with E-state index >= 15 is 0 Å². The first-order chi connectivity index (χ1) is 10.7. The smallest absolute Gasteiger partial charge is 0.220 e. The largest absolute Gasteiger partial charge is 0.369 e. The highest BCUT2D eigenvalue weighted by molar-refractivity contribution is 5.76. The third-order valence-corrected chi connectivity index (χ3v) is 5.72. The molecule has 0 atom stereocenters. The third-order valence-electron chi connectivity index (χ3n) is 5.72. The van der Waals surface area contributed by atoms with Crippen LogP contribution in [0.2, 0.25) is 0 Å². The second kappa shape index (κ2) is 6.82. The Labute approximate surface area is 133 Å². The molecule has 1 aliphatic carbocycles. The molecule has 1 aliphatic heterocycles. The van der Waals surface area contributed by atoms with Crippen LogP contribution in [-0.2, 0) is 11.2 Å². The number of carbonyl (C=O) groups excluding carboxylic acids is 1. The first-order valence-electron chi connectivity index (χ1n) is 8.78. The molecule has 1 saturated carbocycles. The summed E-state index contributed by atoms with van der Waals surface area (Å²) in [6, 6.07) is 10.8. The average Bonchev–Trinajstić information content (AvgIpc) is 2.57. The molecule has 0 radical (unpaired) electrons. The van der Waals surface area contributed by atoms with Gasteiger partial charge in [-0.25, -0.2) is 0 Å². The van der Waals surface area contributed by atoms with Crippen LogP contribution in [0.1, 0.15) is 50.5 Å². The summed E-state index contributed by atoms with van der Waals surface area (Å²) < 4.78 is 0. The van der Waals surface area contributed by atoms with E-state index in [-0.39, 0.29) is 17.4 Å². The maximum absolute atomic E-state index is 11.5. The SMILES string of the molecule is NC(=O)C1CCC(Cc2ccccc2)(N2CCCCC2)CC1. The maximum Gasteiger partial charge on any atom is 0.220 e. The number of amides is 1. The minimum atomic E-state index is -0.105. The van der Waals surface area contributed by atoms with Crippen molar-refractivity contribution in [1.82, 2.24) is 4.90 Å². The van der Waals surface area contributed by atoms with Gasteiger partial charge >= 0.3 is 0 Å². The number of carbonyl (C=O) groups is 1. The van der Waals surface area contributed by atoms with Crippen molar-refractivity contribution in [3.63, 3.8) is 0 Å². The zero-order valence-electron chi connectivity index (χ0n) is 13.5. The molecular formula is C19H28N2O. The summed E-state index contributed by atoms with van der Waals surface area (Å²) in [7, 11) is 0. The van der Waals surface area contributed by atoms with Gasteiger partial charge in [0.15, 0.2) is 0 Å². The van der Waals surface area contributed by atoms with Crippen LogP contribution in [-0.4, -0.2) is 29.4 Å². The summed E-state index contributed by atoms with van der Waals surface area (Å²) in [6.45, 7) is 2.43. The first kappa shape index (κ1) is 15.5. The molecule has 3 nitrogen and oxygen atoms in total. The molecule has 120 valence electrons. The molecule has 1 aromatic carbocycles. The van der Waals surface area contributed by atoms with Crippen molar-refractivity contribution < 1.29 is 4.79 Å². The van der Waals surface area contributed by atoms with Gasteiger partial charge in [0, 0.05) is 11.5 Å². The molecular weight excluding hydrogens is 272 g/mol. The van der Waals surface area contributed by atoms with Crippen LogP contribution in [0.3, 0.4) is 0 Å². The average molecular weight is 300 g/mol. The van der Waals surface area contributed by atoms with E-state index in [0.717, 1.165) is 32.1 Å². The second-order valence-electron chi connectivity index (χ2n) is 7.11. The van der Waals surface area contributed by atoms with Crippen molar-refractivity contribution in [3.8, 4) is 0 Å². The van der Waals surface area contributed by atoms with Gasteiger partial charge in [0.05, 0.1) is 0 Å². The molecule has 1 aromatic rings. The van der Waals surface area contributed by atoms with Crippen LogP contribution in [0.25, 0.3) is 0 Å². The van der Waals surface area contributed by atoms with E-state index in [4.69, 9.17) is 5.73 Å². The molecule has 3 rings (SSSR count). The molecule has 2 fully saturated rings. The van der Waals surface area contributed by atoms with E-state index in [0.29, 0.717) is 0 Å². The second-order valence-corrected chi connectivity index (χ2v) is 7.11. The van der Waals surface area contributed by atoms with Gasteiger partial charge in [-0.3, -0.25) is 9.69 Å². The number of piperidine rings is 1. The number of rotatable bonds is 4. The number of hydrogen-bond donors (Lipinski definition) is 1. The fraction of sp³-hybridized carbons (Fsp3) is 0.632. The third kappa shape index (κ3) is 3.35. The predicted molar refractivity (Wildman–Crippen MR) is 89.5 cm³/mol. The minimum absolute atomic E-state index is 0.0914. The lowest BCUT2D eigenvalue weighted by atomic mass is 9.71. The number of likely N-dealkylation sites (tertiary alicyclic amines) is 1. The van der Waals surface area contributed by atoms with E-state index in [9.17, 15) is 4.79 Å². The van der Waals surface area contributed by atoms with Crippen LogP contribution >= 0.6 is 0 Å². The number of nitrogens with two attached hydrogens (primary N) is 1. The lowest BCUT2D eigenvalue weighted by Crippen LogP contribution is -2.55. The Bertz CT molecular complexity index is 485. The predicted octanol–water partition coefficient (Wildman–Crippen LogP) is 3.13.